The van der Waals surface area contributed by atoms with Gasteiger partial charge in [-0.1, -0.05) is 43.5 Å². The minimum Gasteiger partial charge on any atom is -0.392 e. The van der Waals surface area contributed by atoms with Crippen molar-refractivity contribution in [2.75, 3.05) is 26.2 Å². The number of piperidine rings is 1. The summed E-state index contributed by atoms with van der Waals surface area (Å²) in [6.07, 6.45) is 9.55. The van der Waals surface area contributed by atoms with Crippen LogP contribution in [0.25, 0.3) is 0 Å². The number of benzene rings is 1. The van der Waals surface area contributed by atoms with Crippen LogP contribution >= 0.6 is 0 Å². The Kier molecular flexibility index (Phi) is 8.62. The average molecular weight is 387 g/mol. The third-order valence-corrected chi connectivity index (χ3v) is 6.21. The first-order valence-corrected chi connectivity index (χ1v) is 11.2. The molecule has 156 valence electrons. The van der Waals surface area contributed by atoms with Crippen LogP contribution in [0.3, 0.4) is 0 Å². The summed E-state index contributed by atoms with van der Waals surface area (Å²) in [5.41, 5.74) is 2.04. The minimum atomic E-state index is 0.0646. The molecule has 3 N–H and O–H groups in total. The molecule has 0 amide bonds. The second-order valence-corrected chi connectivity index (χ2v) is 8.35. The molecular formula is C23H38N4O. The second-order valence-electron chi connectivity index (χ2n) is 8.35. The fourth-order valence-electron chi connectivity index (χ4n) is 4.54. The molecule has 5 heteroatoms. The molecule has 3 rings (SSSR count). The van der Waals surface area contributed by atoms with E-state index in [9.17, 15) is 5.11 Å². The smallest absolute Gasteiger partial charge is 0.191 e. The summed E-state index contributed by atoms with van der Waals surface area (Å²) < 4.78 is 0. The van der Waals surface area contributed by atoms with Gasteiger partial charge in [-0.3, -0.25) is 0 Å². The zero-order valence-corrected chi connectivity index (χ0v) is 17.5. The van der Waals surface area contributed by atoms with Crippen LogP contribution in [0.15, 0.2) is 29.3 Å². The van der Waals surface area contributed by atoms with Crippen molar-refractivity contribution in [3.8, 4) is 0 Å². The van der Waals surface area contributed by atoms with Crippen LogP contribution in [0.4, 0.5) is 0 Å². The van der Waals surface area contributed by atoms with Crippen molar-refractivity contribution in [1.29, 1.82) is 0 Å². The summed E-state index contributed by atoms with van der Waals surface area (Å²) in [4.78, 5) is 7.45. The number of hydrogen-bond acceptors (Lipinski definition) is 3. The topological polar surface area (TPSA) is 59.9 Å². The van der Waals surface area contributed by atoms with Gasteiger partial charge in [0.2, 0.25) is 0 Å². The summed E-state index contributed by atoms with van der Waals surface area (Å²) in [5.74, 6) is 1.82. The summed E-state index contributed by atoms with van der Waals surface area (Å²) in [5, 5.41) is 16.5. The van der Waals surface area contributed by atoms with Gasteiger partial charge in [-0.15, -0.1) is 0 Å². The lowest BCUT2D eigenvalue weighted by Crippen LogP contribution is -2.49. The Balaban J connectivity index is 1.47. The van der Waals surface area contributed by atoms with E-state index in [1.54, 1.807) is 0 Å². The van der Waals surface area contributed by atoms with Gasteiger partial charge in [0.1, 0.15) is 0 Å². The van der Waals surface area contributed by atoms with E-state index < -0.39 is 0 Å². The molecule has 28 heavy (non-hydrogen) atoms. The van der Waals surface area contributed by atoms with E-state index >= 15 is 0 Å². The molecule has 1 heterocycles. The number of nitrogens with zero attached hydrogens (tertiary/aromatic N) is 2. The molecule has 1 aromatic rings. The lowest BCUT2D eigenvalue weighted by atomic mass is 9.88. The Bertz CT molecular complexity index is 604. The molecule has 2 aliphatic rings. The number of guanidine groups is 1. The number of aliphatic hydroxyl groups excluding tert-OH is 1. The van der Waals surface area contributed by atoms with Crippen LogP contribution < -0.4 is 10.6 Å². The highest BCUT2D eigenvalue weighted by Gasteiger charge is 2.23. The Morgan fingerprint density at radius 3 is 2.46 bits per heavy atom. The van der Waals surface area contributed by atoms with E-state index in [1.165, 1.54) is 64.6 Å². The van der Waals surface area contributed by atoms with Crippen LogP contribution in [-0.2, 0) is 13.2 Å². The highest BCUT2D eigenvalue weighted by molar-refractivity contribution is 5.80. The lowest BCUT2D eigenvalue weighted by molar-refractivity contribution is 0.160. The molecule has 1 aliphatic carbocycles. The molecule has 1 aromatic carbocycles. The highest BCUT2D eigenvalue weighted by atomic mass is 16.3. The molecule has 0 spiro atoms. The highest BCUT2D eigenvalue weighted by Crippen LogP contribution is 2.25. The molecule has 1 aliphatic heterocycles. The van der Waals surface area contributed by atoms with Gasteiger partial charge < -0.3 is 20.6 Å². The van der Waals surface area contributed by atoms with Gasteiger partial charge in [-0.05, 0) is 49.7 Å². The van der Waals surface area contributed by atoms with Gasteiger partial charge in [0, 0.05) is 32.2 Å². The van der Waals surface area contributed by atoms with Gasteiger partial charge in [0.15, 0.2) is 5.96 Å². The Morgan fingerprint density at radius 2 is 1.79 bits per heavy atom. The van der Waals surface area contributed by atoms with Crippen molar-refractivity contribution in [1.82, 2.24) is 15.5 Å². The predicted octanol–water partition coefficient (Wildman–Crippen LogP) is 3.28. The Morgan fingerprint density at radius 1 is 1.07 bits per heavy atom. The maximum atomic E-state index is 9.51. The number of likely N-dealkylation sites (tertiary alicyclic amines) is 1. The summed E-state index contributed by atoms with van der Waals surface area (Å²) in [6.45, 7) is 7.31. The summed E-state index contributed by atoms with van der Waals surface area (Å²) in [7, 11) is 0. The van der Waals surface area contributed by atoms with Gasteiger partial charge in [0.05, 0.1) is 13.2 Å². The van der Waals surface area contributed by atoms with Gasteiger partial charge in [0.25, 0.3) is 0 Å². The van der Waals surface area contributed by atoms with E-state index in [2.05, 4.69) is 22.5 Å². The van der Waals surface area contributed by atoms with Crippen molar-refractivity contribution in [2.45, 2.75) is 71.1 Å². The van der Waals surface area contributed by atoms with Crippen molar-refractivity contribution in [3.63, 3.8) is 0 Å². The number of rotatable bonds is 7. The molecule has 2 fully saturated rings. The number of aliphatic hydroxyl groups is 1. The van der Waals surface area contributed by atoms with Crippen molar-refractivity contribution in [3.05, 3.63) is 35.4 Å². The van der Waals surface area contributed by atoms with Crippen molar-refractivity contribution < 1.29 is 5.11 Å². The van der Waals surface area contributed by atoms with Crippen LogP contribution in [0.1, 0.15) is 63.0 Å². The van der Waals surface area contributed by atoms with E-state index in [4.69, 9.17) is 4.99 Å². The van der Waals surface area contributed by atoms with Crippen molar-refractivity contribution >= 4 is 5.96 Å². The molecule has 0 unspecified atom stereocenters. The first-order chi connectivity index (χ1) is 13.8. The monoisotopic (exact) mass is 386 g/mol. The van der Waals surface area contributed by atoms with E-state index in [1.807, 2.05) is 24.3 Å². The zero-order valence-electron chi connectivity index (χ0n) is 17.5. The van der Waals surface area contributed by atoms with Crippen LogP contribution in [0.2, 0.25) is 0 Å². The summed E-state index contributed by atoms with van der Waals surface area (Å²) >= 11 is 0. The van der Waals surface area contributed by atoms with Gasteiger partial charge in [-0.2, -0.15) is 0 Å². The van der Waals surface area contributed by atoms with Gasteiger partial charge in [-0.25, -0.2) is 4.99 Å². The van der Waals surface area contributed by atoms with E-state index in [0.717, 1.165) is 29.5 Å². The maximum absolute atomic E-state index is 9.51. The number of aliphatic imine (C=N–C) groups is 1. The molecule has 1 saturated heterocycles. The number of nitrogens with one attached hydrogen (secondary N) is 2. The molecule has 0 atom stereocenters. The Hall–Kier alpha value is -1.59. The van der Waals surface area contributed by atoms with Crippen LogP contribution in [0.5, 0.6) is 0 Å². The standard InChI is InChI=1S/C23H38N4O/c1-2-24-23(25-16-20-10-6-7-11-21(20)18-28)26-22-12-14-27(15-13-22)17-19-8-4-3-5-9-19/h6-7,10-11,19,22,28H,2-5,8-9,12-18H2,1H3,(H2,24,25,26). The molecule has 5 nitrogen and oxygen atoms in total. The van der Waals surface area contributed by atoms with Crippen molar-refractivity contribution in [2.24, 2.45) is 10.9 Å². The third-order valence-electron chi connectivity index (χ3n) is 6.21. The quantitative estimate of drug-likeness (QED) is 0.497. The zero-order chi connectivity index (χ0) is 19.6. The Labute approximate surface area is 170 Å². The SMILES string of the molecule is CCNC(=NCc1ccccc1CO)NC1CCN(CC2CCCCC2)CC1. The second kappa shape index (κ2) is 11.4. The van der Waals surface area contributed by atoms with Crippen LogP contribution in [-0.4, -0.2) is 48.2 Å². The molecule has 0 radical (unpaired) electrons. The fourth-order valence-corrected chi connectivity index (χ4v) is 4.54. The minimum absolute atomic E-state index is 0.0646. The average Bonchev–Trinajstić information content (AvgIpc) is 2.74. The number of hydrogen-bond donors (Lipinski definition) is 3. The molecule has 1 saturated carbocycles. The maximum Gasteiger partial charge on any atom is 0.191 e. The van der Waals surface area contributed by atoms with E-state index in [-0.39, 0.29) is 6.61 Å². The lowest BCUT2D eigenvalue weighted by Gasteiger charge is -2.36. The van der Waals surface area contributed by atoms with Crippen LogP contribution in [0, 0.1) is 5.92 Å². The first kappa shape index (κ1) is 21.1. The largest absolute Gasteiger partial charge is 0.392 e. The fraction of sp³-hybridized carbons (Fsp3) is 0.696. The first-order valence-electron chi connectivity index (χ1n) is 11.2. The van der Waals surface area contributed by atoms with Gasteiger partial charge >= 0.3 is 0 Å². The molecule has 0 aromatic heterocycles. The summed E-state index contributed by atoms with van der Waals surface area (Å²) in [6, 6.07) is 8.47. The third kappa shape index (κ3) is 6.49. The predicted molar refractivity (Wildman–Crippen MR) is 116 cm³/mol. The van der Waals surface area contributed by atoms with E-state index in [0.29, 0.717) is 12.6 Å². The normalized spacial score (nSPS) is 20.3. The molecular weight excluding hydrogens is 348 g/mol. The molecule has 0 bridgehead atoms.